The Morgan fingerprint density at radius 2 is 1.82 bits per heavy atom. The lowest BCUT2D eigenvalue weighted by Crippen LogP contribution is -2.35. The Kier molecular flexibility index (Phi) is 7.80. The van der Waals surface area contributed by atoms with Gasteiger partial charge >= 0.3 is 0 Å². The molecule has 2 unspecified atom stereocenters. The maximum absolute atomic E-state index is 13.4. The molecule has 8 nitrogen and oxygen atoms in total. The van der Waals surface area contributed by atoms with E-state index >= 15 is 0 Å². The first-order chi connectivity index (χ1) is 19.3. The summed E-state index contributed by atoms with van der Waals surface area (Å²) in [4.78, 5) is 30.2. The number of fused-ring (bicyclic) bond motifs is 1. The van der Waals surface area contributed by atoms with E-state index in [9.17, 15) is 14.7 Å². The first-order valence-electron chi connectivity index (χ1n) is 13.3. The molecular weight excluding hydrogens is 508 g/mol. The number of nitrogens with zero attached hydrogens (tertiary/aromatic N) is 2. The molecule has 1 saturated heterocycles. The third-order valence-electron chi connectivity index (χ3n) is 7.24. The molecule has 3 aromatic rings. The average molecular weight is 543 g/mol. The molecule has 3 aromatic carbocycles. The molecule has 1 N–H and O–H groups in total. The molecule has 2 aliphatic heterocycles. The monoisotopic (exact) mass is 542 g/mol. The number of methoxy groups -OCH3 is 1. The van der Waals surface area contributed by atoms with E-state index in [2.05, 4.69) is 0 Å². The SMILES string of the molecule is COc1cc(C2/C(=C(\O)c3ccc4c(c3)CC(C)O4)C(=O)C(=O)N2CCN(C)C)ccc1OCc1ccccc1. The summed E-state index contributed by atoms with van der Waals surface area (Å²) in [5.74, 6) is 0.206. The normalized spacial score (nSPS) is 19.6. The van der Waals surface area contributed by atoms with E-state index in [1.165, 1.54) is 4.90 Å². The molecule has 0 radical (unpaired) electrons. The minimum atomic E-state index is -0.791. The topological polar surface area (TPSA) is 88.5 Å². The van der Waals surface area contributed by atoms with Crippen LogP contribution >= 0.6 is 0 Å². The number of amides is 1. The lowest BCUT2D eigenvalue weighted by Gasteiger charge is -2.27. The Labute approximate surface area is 234 Å². The summed E-state index contributed by atoms with van der Waals surface area (Å²) in [6.45, 7) is 3.20. The lowest BCUT2D eigenvalue weighted by atomic mass is 9.94. The Hall–Kier alpha value is -4.30. The predicted molar refractivity (Wildman–Crippen MR) is 152 cm³/mol. The molecule has 0 saturated carbocycles. The van der Waals surface area contributed by atoms with E-state index in [1.54, 1.807) is 31.4 Å². The van der Waals surface area contributed by atoms with E-state index in [1.807, 2.05) is 68.4 Å². The number of benzene rings is 3. The summed E-state index contributed by atoms with van der Waals surface area (Å²) >= 11 is 0. The van der Waals surface area contributed by atoms with Crippen LogP contribution in [0.1, 0.15) is 35.2 Å². The van der Waals surface area contributed by atoms with E-state index < -0.39 is 17.7 Å². The van der Waals surface area contributed by atoms with Crippen molar-refractivity contribution in [3.63, 3.8) is 0 Å². The number of ketones is 1. The van der Waals surface area contributed by atoms with Gasteiger partial charge in [-0.3, -0.25) is 9.59 Å². The fraction of sp³-hybridized carbons (Fsp3) is 0.312. The first kappa shape index (κ1) is 27.3. The summed E-state index contributed by atoms with van der Waals surface area (Å²) in [7, 11) is 5.35. The molecule has 2 aliphatic rings. The van der Waals surface area contributed by atoms with Gasteiger partial charge in [0.25, 0.3) is 11.7 Å². The minimum Gasteiger partial charge on any atom is -0.507 e. The van der Waals surface area contributed by atoms with Crippen LogP contribution in [-0.4, -0.2) is 67.0 Å². The zero-order valence-electron chi connectivity index (χ0n) is 23.2. The predicted octanol–water partition coefficient (Wildman–Crippen LogP) is 4.58. The second-order valence-electron chi connectivity index (χ2n) is 10.4. The number of likely N-dealkylation sites (tertiary alicyclic amines) is 1. The number of likely N-dealkylation sites (N-methyl/N-ethyl adjacent to an activating group) is 1. The molecule has 0 spiro atoms. The van der Waals surface area contributed by atoms with Crippen LogP contribution in [0.5, 0.6) is 17.2 Å². The van der Waals surface area contributed by atoms with Gasteiger partial charge < -0.3 is 29.1 Å². The molecule has 2 heterocycles. The van der Waals surface area contributed by atoms with Crippen molar-refractivity contribution < 1.29 is 28.9 Å². The van der Waals surface area contributed by atoms with Gasteiger partial charge in [0.1, 0.15) is 24.2 Å². The highest BCUT2D eigenvalue weighted by atomic mass is 16.5. The second kappa shape index (κ2) is 11.4. The Balaban J connectivity index is 1.54. The van der Waals surface area contributed by atoms with Crippen molar-refractivity contribution in [3.8, 4) is 17.2 Å². The number of carbonyl (C=O) groups is 2. The van der Waals surface area contributed by atoms with Crippen LogP contribution in [0.15, 0.2) is 72.3 Å². The highest BCUT2D eigenvalue weighted by Crippen LogP contribution is 2.42. The van der Waals surface area contributed by atoms with Crippen molar-refractivity contribution in [2.75, 3.05) is 34.3 Å². The molecule has 1 amide bonds. The molecule has 1 fully saturated rings. The van der Waals surface area contributed by atoms with E-state index in [0.29, 0.717) is 48.7 Å². The molecule has 0 bridgehead atoms. The third kappa shape index (κ3) is 5.40. The second-order valence-corrected chi connectivity index (χ2v) is 10.4. The summed E-state index contributed by atoms with van der Waals surface area (Å²) in [6.07, 6.45) is 0.748. The fourth-order valence-electron chi connectivity index (χ4n) is 5.20. The summed E-state index contributed by atoms with van der Waals surface area (Å²) in [5.41, 5.74) is 3.13. The number of rotatable bonds is 9. The molecular formula is C32H34N2O6. The van der Waals surface area contributed by atoms with Gasteiger partial charge in [0.05, 0.1) is 18.7 Å². The summed E-state index contributed by atoms with van der Waals surface area (Å²) in [6, 6.07) is 19.7. The van der Waals surface area contributed by atoms with Crippen molar-refractivity contribution in [2.24, 2.45) is 0 Å². The van der Waals surface area contributed by atoms with Gasteiger partial charge in [-0.25, -0.2) is 0 Å². The zero-order chi connectivity index (χ0) is 28.4. The largest absolute Gasteiger partial charge is 0.507 e. The standard InChI is InChI=1S/C32H34N2O6/c1-20-16-24-17-23(11-12-25(24)40-20)30(35)28-29(34(15-14-33(2)3)32(37)31(28)36)22-10-13-26(27(18-22)38-4)39-19-21-8-6-5-7-9-21/h5-13,17-18,20,29,35H,14-16,19H2,1-4H3/b30-28+. The van der Waals surface area contributed by atoms with E-state index in [-0.39, 0.29) is 17.4 Å². The number of aliphatic hydroxyl groups excluding tert-OH is 1. The van der Waals surface area contributed by atoms with Crippen LogP contribution < -0.4 is 14.2 Å². The van der Waals surface area contributed by atoms with Crippen LogP contribution in [0.3, 0.4) is 0 Å². The molecule has 8 heteroatoms. The lowest BCUT2D eigenvalue weighted by molar-refractivity contribution is -0.140. The Morgan fingerprint density at radius 3 is 2.55 bits per heavy atom. The van der Waals surface area contributed by atoms with Crippen LogP contribution in [0.25, 0.3) is 5.76 Å². The van der Waals surface area contributed by atoms with E-state index in [0.717, 1.165) is 16.9 Å². The Morgan fingerprint density at radius 1 is 1.05 bits per heavy atom. The molecule has 208 valence electrons. The van der Waals surface area contributed by atoms with Gasteiger partial charge in [-0.1, -0.05) is 36.4 Å². The average Bonchev–Trinajstić information content (AvgIpc) is 3.45. The van der Waals surface area contributed by atoms with Gasteiger partial charge in [-0.05, 0) is 68.0 Å². The maximum atomic E-state index is 13.4. The number of ether oxygens (including phenoxy) is 3. The van der Waals surface area contributed by atoms with Crippen molar-refractivity contribution in [3.05, 3.63) is 94.6 Å². The van der Waals surface area contributed by atoms with Crippen LogP contribution in [-0.2, 0) is 22.6 Å². The quantitative estimate of drug-likeness (QED) is 0.241. The van der Waals surface area contributed by atoms with Crippen molar-refractivity contribution in [2.45, 2.75) is 32.1 Å². The minimum absolute atomic E-state index is 0.0408. The summed E-state index contributed by atoms with van der Waals surface area (Å²) in [5, 5.41) is 11.5. The molecule has 2 atom stereocenters. The fourth-order valence-corrected chi connectivity index (χ4v) is 5.20. The highest BCUT2D eigenvalue weighted by molar-refractivity contribution is 6.46. The number of aliphatic hydroxyl groups is 1. The third-order valence-corrected chi connectivity index (χ3v) is 7.24. The molecule has 5 rings (SSSR count). The van der Waals surface area contributed by atoms with Crippen molar-refractivity contribution >= 4 is 17.4 Å². The van der Waals surface area contributed by atoms with Crippen LogP contribution in [0, 0.1) is 0 Å². The molecule has 0 aliphatic carbocycles. The van der Waals surface area contributed by atoms with Gasteiger partial charge in [0, 0.05) is 25.1 Å². The molecule has 40 heavy (non-hydrogen) atoms. The van der Waals surface area contributed by atoms with Crippen molar-refractivity contribution in [1.82, 2.24) is 9.80 Å². The maximum Gasteiger partial charge on any atom is 0.295 e. The van der Waals surface area contributed by atoms with Gasteiger partial charge in [-0.2, -0.15) is 0 Å². The number of hydrogen-bond acceptors (Lipinski definition) is 7. The first-order valence-corrected chi connectivity index (χ1v) is 13.3. The number of carbonyl (C=O) groups excluding carboxylic acids is 2. The van der Waals surface area contributed by atoms with Crippen LogP contribution in [0.2, 0.25) is 0 Å². The van der Waals surface area contributed by atoms with E-state index in [4.69, 9.17) is 14.2 Å². The molecule has 0 aromatic heterocycles. The highest BCUT2D eigenvalue weighted by Gasteiger charge is 2.46. The summed E-state index contributed by atoms with van der Waals surface area (Å²) < 4.78 is 17.5. The van der Waals surface area contributed by atoms with Gasteiger partial charge in [-0.15, -0.1) is 0 Å². The number of Topliss-reactive ketones (excluding diaryl/α,β-unsaturated/α-hetero) is 1. The number of hydrogen-bond donors (Lipinski definition) is 1. The van der Waals surface area contributed by atoms with Gasteiger partial charge in [0.2, 0.25) is 0 Å². The van der Waals surface area contributed by atoms with Crippen LogP contribution in [0.4, 0.5) is 0 Å². The zero-order valence-corrected chi connectivity index (χ0v) is 23.2. The Bertz CT molecular complexity index is 1450. The van der Waals surface area contributed by atoms with Gasteiger partial charge in [0.15, 0.2) is 11.5 Å². The smallest absolute Gasteiger partial charge is 0.295 e. The van der Waals surface area contributed by atoms with Crippen molar-refractivity contribution in [1.29, 1.82) is 0 Å².